The minimum absolute atomic E-state index is 0.0110. The minimum atomic E-state index is -0.481. The summed E-state index contributed by atoms with van der Waals surface area (Å²) < 4.78 is 10.8. The van der Waals surface area contributed by atoms with Crippen LogP contribution in [0.1, 0.15) is 16.7 Å². The Morgan fingerprint density at radius 2 is 1.79 bits per heavy atom. The summed E-state index contributed by atoms with van der Waals surface area (Å²) in [5.74, 6) is 0.0110. The summed E-state index contributed by atoms with van der Waals surface area (Å²) in [6.07, 6.45) is 1.89. The molecule has 142 valence electrons. The Bertz CT molecular complexity index is 1550. The summed E-state index contributed by atoms with van der Waals surface area (Å²) in [7, 11) is 0. The summed E-state index contributed by atoms with van der Waals surface area (Å²) in [6, 6.07) is 13.6. The zero-order valence-corrected chi connectivity index (χ0v) is 15.4. The van der Waals surface area contributed by atoms with Crippen molar-refractivity contribution in [3.05, 3.63) is 92.3 Å². The van der Waals surface area contributed by atoms with Crippen LogP contribution in [-0.4, -0.2) is 10.1 Å². The lowest BCUT2D eigenvalue weighted by Crippen LogP contribution is -2.04. The quantitative estimate of drug-likeness (QED) is 0.364. The number of aryl methyl sites for hydroxylation is 1. The molecule has 3 aromatic heterocycles. The average molecular weight is 385 g/mol. The third kappa shape index (κ3) is 2.77. The third-order valence-corrected chi connectivity index (χ3v) is 5.09. The van der Waals surface area contributed by atoms with Gasteiger partial charge in [0.1, 0.15) is 16.9 Å². The predicted octanol–water partition coefficient (Wildman–Crippen LogP) is 4.05. The van der Waals surface area contributed by atoms with Gasteiger partial charge in [0.05, 0.1) is 10.9 Å². The standard InChI is InChI=1S/C23H15NO5/c1-12-8-20(26)29-22-14(12)6-7-18(25)16(22)9-13-10-17-21(24-11-13)15-4-2-3-5-19(15)28-23(17)27/h2-8,10-11,25H,9H2,1H3. The maximum Gasteiger partial charge on any atom is 0.345 e. The van der Waals surface area contributed by atoms with E-state index in [1.807, 2.05) is 19.1 Å². The molecule has 0 saturated carbocycles. The molecule has 2 aromatic carbocycles. The van der Waals surface area contributed by atoms with Crippen molar-refractivity contribution < 1.29 is 13.9 Å². The number of pyridine rings is 1. The van der Waals surface area contributed by atoms with E-state index in [1.165, 1.54) is 6.07 Å². The first-order valence-electron chi connectivity index (χ1n) is 9.07. The summed E-state index contributed by atoms with van der Waals surface area (Å²) in [5.41, 5.74) is 2.34. The highest BCUT2D eigenvalue weighted by molar-refractivity contribution is 6.01. The van der Waals surface area contributed by atoms with Crippen LogP contribution in [0.25, 0.3) is 32.8 Å². The monoisotopic (exact) mass is 385 g/mol. The third-order valence-electron chi connectivity index (χ3n) is 5.09. The first-order chi connectivity index (χ1) is 14.0. The van der Waals surface area contributed by atoms with Gasteiger partial charge >= 0.3 is 11.3 Å². The molecule has 0 fully saturated rings. The van der Waals surface area contributed by atoms with Crippen LogP contribution in [0.4, 0.5) is 0 Å². The van der Waals surface area contributed by atoms with E-state index < -0.39 is 11.3 Å². The Balaban J connectivity index is 1.71. The lowest BCUT2D eigenvalue weighted by atomic mass is 10.00. The number of phenols is 1. The molecule has 0 bridgehead atoms. The molecular weight excluding hydrogens is 370 g/mol. The van der Waals surface area contributed by atoms with Gasteiger partial charge in [-0.3, -0.25) is 4.98 Å². The Kier molecular flexibility index (Phi) is 3.74. The van der Waals surface area contributed by atoms with Gasteiger partial charge in [-0.1, -0.05) is 12.1 Å². The van der Waals surface area contributed by atoms with E-state index in [-0.39, 0.29) is 12.2 Å². The number of aromatic nitrogens is 1. The van der Waals surface area contributed by atoms with Crippen LogP contribution >= 0.6 is 0 Å². The fraction of sp³-hybridized carbons (Fsp3) is 0.0870. The number of fused-ring (bicyclic) bond motifs is 4. The maximum absolute atomic E-state index is 12.5. The molecule has 0 unspecified atom stereocenters. The maximum atomic E-state index is 12.5. The topological polar surface area (TPSA) is 93.5 Å². The molecular formula is C23H15NO5. The molecule has 3 heterocycles. The van der Waals surface area contributed by atoms with Crippen LogP contribution in [0.2, 0.25) is 0 Å². The summed E-state index contributed by atoms with van der Waals surface area (Å²) >= 11 is 0. The van der Waals surface area contributed by atoms with Gasteiger partial charge in [-0.2, -0.15) is 0 Å². The van der Waals surface area contributed by atoms with E-state index in [2.05, 4.69) is 4.98 Å². The van der Waals surface area contributed by atoms with Gasteiger partial charge in [-0.25, -0.2) is 9.59 Å². The van der Waals surface area contributed by atoms with Crippen LogP contribution in [0.15, 0.2) is 73.2 Å². The lowest BCUT2D eigenvalue weighted by Gasteiger charge is -2.10. The molecule has 0 spiro atoms. The Labute approximate surface area is 163 Å². The van der Waals surface area contributed by atoms with Crippen molar-refractivity contribution >= 4 is 32.8 Å². The first kappa shape index (κ1) is 17.2. The van der Waals surface area contributed by atoms with E-state index >= 15 is 0 Å². The minimum Gasteiger partial charge on any atom is -0.508 e. The SMILES string of the molecule is Cc1cc(=O)oc2c(Cc3cnc4c(c3)c(=O)oc3ccccc34)c(O)ccc12. The number of hydrogen-bond acceptors (Lipinski definition) is 6. The molecule has 6 nitrogen and oxygen atoms in total. The van der Waals surface area contributed by atoms with Crippen LogP contribution in [0.3, 0.4) is 0 Å². The number of aromatic hydroxyl groups is 1. The van der Waals surface area contributed by atoms with E-state index in [9.17, 15) is 14.7 Å². The van der Waals surface area contributed by atoms with Gasteiger partial charge in [-0.05, 0) is 48.4 Å². The largest absolute Gasteiger partial charge is 0.508 e. The van der Waals surface area contributed by atoms with Gasteiger partial charge in [0.15, 0.2) is 0 Å². The molecule has 0 aliphatic carbocycles. The molecule has 0 amide bonds. The second-order valence-corrected chi connectivity index (χ2v) is 6.99. The Morgan fingerprint density at radius 1 is 0.966 bits per heavy atom. The van der Waals surface area contributed by atoms with Crippen molar-refractivity contribution in [1.29, 1.82) is 0 Å². The Morgan fingerprint density at radius 3 is 2.66 bits per heavy atom. The highest BCUT2D eigenvalue weighted by atomic mass is 16.4. The van der Waals surface area contributed by atoms with E-state index in [0.717, 1.165) is 16.3 Å². The predicted molar refractivity (Wildman–Crippen MR) is 109 cm³/mol. The van der Waals surface area contributed by atoms with Crippen LogP contribution < -0.4 is 11.3 Å². The fourth-order valence-electron chi connectivity index (χ4n) is 3.69. The van der Waals surface area contributed by atoms with Crippen LogP contribution in [0, 0.1) is 6.92 Å². The second-order valence-electron chi connectivity index (χ2n) is 6.99. The van der Waals surface area contributed by atoms with Crippen molar-refractivity contribution in [3.8, 4) is 5.75 Å². The van der Waals surface area contributed by atoms with Gasteiger partial charge in [0.2, 0.25) is 0 Å². The number of hydrogen-bond donors (Lipinski definition) is 1. The summed E-state index contributed by atoms with van der Waals surface area (Å²) in [5, 5.41) is 12.3. The highest BCUT2D eigenvalue weighted by Crippen LogP contribution is 2.31. The van der Waals surface area contributed by atoms with E-state index in [1.54, 1.807) is 36.5 Å². The Hall–Kier alpha value is -3.93. The zero-order chi connectivity index (χ0) is 20.1. The van der Waals surface area contributed by atoms with E-state index in [4.69, 9.17) is 8.83 Å². The average Bonchev–Trinajstić information content (AvgIpc) is 2.70. The molecule has 29 heavy (non-hydrogen) atoms. The smallest absolute Gasteiger partial charge is 0.345 e. The number of phenolic OH excluding ortho intramolecular Hbond substituents is 1. The summed E-state index contributed by atoms with van der Waals surface area (Å²) in [6.45, 7) is 1.81. The highest BCUT2D eigenvalue weighted by Gasteiger charge is 2.15. The van der Waals surface area contributed by atoms with Gasteiger partial charge in [-0.15, -0.1) is 0 Å². The number of benzene rings is 2. The van der Waals surface area contributed by atoms with Crippen LogP contribution in [-0.2, 0) is 6.42 Å². The molecule has 0 aliphatic heterocycles. The molecule has 5 rings (SSSR count). The first-order valence-corrected chi connectivity index (χ1v) is 9.07. The zero-order valence-electron chi connectivity index (χ0n) is 15.4. The molecule has 5 aromatic rings. The lowest BCUT2D eigenvalue weighted by molar-refractivity contribution is 0.466. The fourth-order valence-corrected chi connectivity index (χ4v) is 3.69. The van der Waals surface area contributed by atoms with E-state index in [0.29, 0.717) is 33.2 Å². The molecule has 0 radical (unpaired) electrons. The number of para-hydroxylation sites is 1. The molecule has 0 saturated heterocycles. The molecule has 0 atom stereocenters. The molecule has 1 N–H and O–H groups in total. The molecule has 6 heteroatoms. The second kappa shape index (κ2) is 6.31. The van der Waals surface area contributed by atoms with Gasteiger partial charge in [0.25, 0.3) is 0 Å². The number of nitrogens with zero attached hydrogens (tertiary/aromatic N) is 1. The van der Waals surface area contributed by atoms with Crippen molar-refractivity contribution in [1.82, 2.24) is 4.98 Å². The van der Waals surface area contributed by atoms with Crippen LogP contribution in [0.5, 0.6) is 5.75 Å². The van der Waals surface area contributed by atoms with Crippen molar-refractivity contribution in [2.24, 2.45) is 0 Å². The number of rotatable bonds is 2. The molecule has 0 aliphatic rings. The normalized spacial score (nSPS) is 11.5. The van der Waals surface area contributed by atoms with Crippen molar-refractivity contribution in [3.63, 3.8) is 0 Å². The van der Waals surface area contributed by atoms with Gasteiger partial charge < -0.3 is 13.9 Å². The summed E-state index contributed by atoms with van der Waals surface area (Å²) in [4.78, 5) is 28.8. The van der Waals surface area contributed by atoms with Crippen molar-refractivity contribution in [2.45, 2.75) is 13.3 Å². The van der Waals surface area contributed by atoms with Gasteiger partial charge in [0, 0.05) is 35.0 Å². The van der Waals surface area contributed by atoms with Crippen molar-refractivity contribution in [2.75, 3.05) is 0 Å².